The van der Waals surface area contributed by atoms with Crippen LogP contribution < -0.4 is 4.65 Å². The van der Waals surface area contributed by atoms with E-state index in [1.807, 2.05) is 0 Å². The van der Waals surface area contributed by atoms with Crippen molar-refractivity contribution < 1.29 is 28.6 Å². The number of ether oxygens (including phenoxy) is 1. The standard InChI is InChI=1S/C9H10BFO5/c1-2-15-9(12)6-3-7(11)5-8(4-6)16-10(13)14/h3-5,13-14H,2H2,1H3. The van der Waals surface area contributed by atoms with Crippen LogP contribution in [-0.4, -0.2) is 29.9 Å². The number of carbonyl (C=O) groups excluding carboxylic acids is 1. The van der Waals surface area contributed by atoms with E-state index in [-0.39, 0.29) is 17.9 Å². The van der Waals surface area contributed by atoms with Crippen LogP contribution in [-0.2, 0) is 4.74 Å². The third kappa shape index (κ3) is 3.52. The molecule has 0 unspecified atom stereocenters. The highest BCUT2D eigenvalue weighted by atomic mass is 19.1. The zero-order valence-electron chi connectivity index (χ0n) is 8.51. The molecule has 0 aliphatic carbocycles. The van der Waals surface area contributed by atoms with Crippen LogP contribution in [0.25, 0.3) is 0 Å². The summed E-state index contributed by atoms with van der Waals surface area (Å²) in [5.41, 5.74) is -0.0579. The molecule has 1 aromatic carbocycles. The monoisotopic (exact) mass is 228 g/mol. The van der Waals surface area contributed by atoms with Gasteiger partial charge < -0.3 is 19.4 Å². The van der Waals surface area contributed by atoms with Gasteiger partial charge in [0.25, 0.3) is 0 Å². The van der Waals surface area contributed by atoms with E-state index in [1.54, 1.807) is 6.92 Å². The maximum absolute atomic E-state index is 13.0. The minimum absolute atomic E-state index is 0.0579. The molecule has 0 atom stereocenters. The Hall–Kier alpha value is -1.60. The van der Waals surface area contributed by atoms with E-state index in [1.165, 1.54) is 0 Å². The molecule has 1 aromatic rings. The number of rotatable bonds is 4. The van der Waals surface area contributed by atoms with Crippen LogP contribution in [0.15, 0.2) is 18.2 Å². The molecule has 0 aliphatic heterocycles. The summed E-state index contributed by atoms with van der Waals surface area (Å²) in [6.45, 7) is 1.78. The Morgan fingerprint density at radius 1 is 1.44 bits per heavy atom. The van der Waals surface area contributed by atoms with Crippen molar-refractivity contribution in [1.29, 1.82) is 0 Å². The Morgan fingerprint density at radius 2 is 2.12 bits per heavy atom. The first kappa shape index (κ1) is 12.5. The SMILES string of the molecule is CCOC(=O)c1cc(F)cc(OB(O)O)c1. The highest BCUT2D eigenvalue weighted by Gasteiger charge is 2.15. The lowest BCUT2D eigenvalue weighted by atomic mass is 10.2. The summed E-state index contributed by atoms with van der Waals surface area (Å²) in [6.07, 6.45) is 0. The van der Waals surface area contributed by atoms with Gasteiger partial charge in [-0.3, -0.25) is 0 Å². The second-order valence-corrected chi connectivity index (χ2v) is 2.84. The zero-order valence-corrected chi connectivity index (χ0v) is 8.51. The molecule has 7 heteroatoms. The average molecular weight is 228 g/mol. The van der Waals surface area contributed by atoms with Gasteiger partial charge in [0, 0.05) is 6.07 Å². The van der Waals surface area contributed by atoms with Crippen LogP contribution >= 0.6 is 0 Å². The third-order valence-electron chi connectivity index (χ3n) is 1.62. The second kappa shape index (κ2) is 5.48. The summed E-state index contributed by atoms with van der Waals surface area (Å²) in [6, 6.07) is 3.04. The molecule has 0 aromatic heterocycles. The van der Waals surface area contributed by atoms with Crippen molar-refractivity contribution >= 4 is 13.3 Å². The average Bonchev–Trinajstić information content (AvgIpc) is 2.15. The molecule has 0 radical (unpaired) electrons. The number of esters is 1. The summed E-state index contributed by atoms with van der Waals surface area (Å²) in [5, 5.41) is 17.0. The number of benzene rings is 1. The predicted octanol–water partition coefficient (Wildman–Crippen LogP) is 0.351. The first-order valence-corrected chi connectivity index (χ1v) is 4.53. The van der Waals surface area contributed by atoms with Crippen LogP contribution in [0.3, 0.4) is 0 Å². The molecule has 0 aliphatic rings. The van der Waals surface area contributed by atoms with Crippen molar-refractivity contribution in [1.82, 2.24) is 0 Å². The molecular formula is C9H10BFO5. The Labute approximate surface area is 91.6 Å². The molecular weight excluding hydrogens is 218 g/mol. The molecule has 0 fully saturated rings. The summed E-state index contributed by atoms with van der Waals surface area (Å²) >= 11 is 0. The highest BCUT2D eigenvalue weighted by molar-refractivity contribution is 6.33. The number of hydrogen-bond donors (Lipinski definition) is 2. The van der Waals surface area contributed by atoms with Gasteiger partial charge in [0.2, 0.25) is 0 Å². The summed E-state index contributed by atoms with van der Waals surface area (Å²) < 4.78 is 22.1. The fourth-order valence-corrected chi connectivity index (χ4v) is 1.08. The lowest BCUT2D eigenvalue weighted by Crippen LogP contribution is -2.21. The number of carbonyl (C=O) groups is 1. The van der Waals surface area contributed by atoms with Crippen molar-refractivity contribution in [3.63, 3.8) is 0 Å². The first-order valence-electron chi connectivity index (χ1n) is 4.53. The van der Waals surface area contributed by atoms with Crippen molar-refractivity contribution in [2.24, 2.45) is 0 Å². The van der Waals surface area contributed by atoms with E-state index in [2.05, 4.69) is 9.39 Å². The van der Waals surface area contributed by atoms with Gasteiger partial charge in [-0.2, -0.15) is 0 Å². The van der Waals surface area contributed by atoms with E-state index in [4.69, 9.17) is 10.0 Å². The number of hydrogen-bond acceptors (Lipinski definition) is 5. The lowest BCUT2D eigenvalue weighted by molar-refractivity contribution is 0.0525. The topological polar surface area (TPSA) is 76.0 Å². The van der Waals surface area contributed by atoms with Crippen LogP contribution in [0.1, 0.15) is 17.3 Å². The van der Waals surface area contributed by atoms with Gasteiger partial charge in [-0.05, 0) is 19.1 Å². The molecule has 0 amide bonds. The van der Waals surface area contributed by atoms with Crippen molar-refractivity contribution in [3.05, 3.63) is 29.6 Å². The van der Waals surface area contributed by atoms with E-state index in [0.717, 1.165) is 18.2 Å². The predicted molar refractivity (Wildman–Crippen MR) is 53.2 cm³/mol. The fourth-order valence-electron chi connectivity index (χ4n) is 1.08. The van der Waals surface area contributed by atoms with Crippen molar-refractivity contribution in [2.45, 2.75) is 6.92 Å². The molecule has 5 nitrogen and oxygen atoms in total. The summed E-state index contributed by atoms with van der Waals surface area (Å²) in [5.74, 6) is -1.61. The molecule has 2 N–H and O–H groups in total. The summed E-state index contributed by atoms with van der Waals surface area (Å²) in [7, 11) is -2.07. The van der Waals surface area contributed by atoms with Gasteiger partial charge in [-0.25, -0.2) is 9.18 Å². The van der Waals surface area contributed by atoms with E-state index < -0.39 is 19.1 Å². The molecule has 16 heavy (non-hydrogen) atoms. The van der Waals surface area contributed by atoms with Gasteiger partial charge in [-0.1, -0.05) is 0 Å². The Morgan fingerprint density at radius 3 is 2.69 bits per heavy atom. The smallest absolute Gasteiger partial charge is 0.512 e. The van der Waals surface area contributed by atoms with E-state index in [0.29, 0.717) is 0 Å². The Bertz CT molecular complexity index is 382. The molecule has 0 bridgehead atoms. The molecule has 0 spiro atoms. The van der Waals surface area contributed by atoms with Gasteiger partial charge in [0.1, 0.15) is 11.6 Å². The van der Waals surface area contributed by atoms with Crippen molar-refractivity contribution in [3.8, 4) is 5.75 Å². The largest absolute Gasteiger partial charge is 0.707 e. The molecule has 0 heterocycles. The molecule has 0 saturated heterocycles. The summed E-state index contributed by atoms with van der Waals surface area (Å²) in [4.78, 5) is 11.3. The Kier molecular flexibility index (Phi) is 4.27. The van der Waals surface area contributed by atoms with Crippen LogP contribution in [0.4, 0.5) is 4.39 Å². The first-order chi connectivity index (χ1) is 7.52. The molecule has 0 saturated carbocycles. The van der Waals surface area contributed by atoms with E-state index in [9.17, 15) is 9.18 Å². The normalized spacial score (nSPS) is 9.75. The maximum atomic E-state index is 13.0. The molecule has 1 rings (SSSR count). The minimum Gasteiger partial charge on any atom is -0.512 e. The van der Waals surface area contributed by atoms with Crippen molar-refractivity contribution in [2.75, 3.05) is 6.61 Å². The van der Waals surface area contributed by atoms with Crippen LogP contribution in [0.2, 0.25) is 0 Å². The highest BCUT2D eigenvalue weighted by Crippen LogP contribution is 2.17. The quantitative estimate of drug-likeness (QED) is 0.574. The van der Waals surface area contributed by atoms with Gasteiger partial charge >= 0.3 is 13.3 Å². The number of halogens is 1. The van der Waals surface area contributed by atoms with E-state index >= 15 is 0 Å². The van der Waals surface area contributed by atoms with Crippen LogP contribution in [0.5, 0.6) is 5.75 Å². The minimum atomic E-state index is -2.07. The lowest BCUT2D eigenvalue weighted by Gasteiger charge is -2.07. The van der Waals surface area contributed by atoms with Gasteiger partial charge in [0.15, 0.2) is 0 Å². The maximum Gasteiger partial charge on any atom is 0.707 e. The van der Waals surface area contributed by atoms with Gasteiger partial charge in [0.05, 0.1) is 12.2 Å². The van der Waals surface area contributed by atoms with Gasteiger partial charge in [-0.15, -0.1) is 0 Å². The third-order valence-corrected chi connectivity index (χ3v) is 1.62. The Balaban J connectivity index is 2.93. The fraction of sp³-hybridized carbons (Fsp3) is 0.222. The van der Waals surface area contributed by atoms with Crippen LogP contribution in [0, 0.1) is 5.82 Å². The molecule has 86 valence electrons. The second-order valence-electron chi connectivity index (χ2n) is 2.84. The zero-order chi connectivity index (χ0) is 12.1.